The predicted octanol–water partition coefficient (Wildman–Crippen LogP) is 1.31. The molecule has 0 spiro atoms. The highest BCUT2D eigenvalue weighted by atomic mass is 31.1. The lowest BCUT2D eigenvalue weighted by molar-refractivity contribution is 0.0495. The third-order valence-corrected chi connectivity index (χ3v) is 3.82. The fraction of sp³-hybridized carbons (Fsp3) is 0.667. The Morgan fingerprint density at radius 2 is 2.15 bits per heavy atom. The van der Waals surface area contributed by atoms with Gasteiger partial charge in [-0.3, -0.25) is 4.57 Å². The molecular formula is C12H22N3O4P. The summed E-state index contributed by atoms with van der Waals surface area (Å²) >= 11 is 0. The lowest BCUT2D eigenvalue weighted by Crippen LogP contribution is -2.38. The van der Waals surface area contributed by atoms with Gasteiger partial charge in [-0.25, -0.2) is 9.97 Å². The van der Waals surface area contributed by atoms with E-state index in [2.05, 4.69) is 15.3 Å². The number of rotatable bonds is 8. The van der Waals surface area contributed by atoms with Crippen molar-refractivity contribution in [3.63, 3.8) is 0 Å². The molecule has 0 bridgehead atoms. The van der Waals surface area contributed by atoms with Crippen LogP contribution >= 0.6 is 8.25 Å². The fourth-order valence-corrected chi connectivity index (χ4v) is 2.67. The second-order valence-electron chi connectivity index (χ2n) is 4.89. The van der Waals surface area contributed by atoms with Gasteiger partial charge in [-0.15, -0.1) is 0 Å². The van der Waals surface area contributed by atoms with Crippen LogP contribution < -0.4 is 5.32 Å². The van der Waals surface area contributed by atoms with Crippen LogP contribution in [0, 0.1) is 11.8 Å². The third kappa shape index (κ3) is 5.17. The Kier molecular flexibility index (Phi) is 7.09. The first-order valence-electron chi connectivity index (χ1n) is 6.48. The van der Waals surface area contributed by atoms with Crippen LogP contribution in [0.15, 0.2) is 18.6 Å². The number of hydrogen-bond acceptors (Lipinski definition) is 6. The standard InChI is InChI=1S/C12H22N3O4P/c1-8(6-16)12(19-20(17)18)9(2)10(3)15-11-4-5-13-7-14-11/h4-5,7-10,12,16,20H,6H2,1-3H3,(H,17,18)(H,13,14,15)/t8-,9+,10-,12-/m1/s1. The molecule has 1 unspecified atom stereocenters. The van der Waals surface area contributed by atoms with E-state index in [4.69, 9.17) is 9.42 Å². The molecule has 1 aromatic heterocycles. The minimum atomic E-state index is -3.05. The molecule has 1 rings (SSSR count). The zero-order valence-electron chi connectivity index (χ0n) is 11.9. The summed E-state index contributed by atoms with van der Waals surface area (Å²) in [5, 5.41) is 12.4. The molecule has 0 fully saturated rings. The first-order valence-corrected chi connectivity index (χ1v) is 7.75. The molecule has 0 saturated heterocycles. The number of nitrogens with zero attached hydrogens (tertiary/aromatic N) is 2. The van der Waals surface area contributed by atoms with Gasteiger partial charge in [-0.2, -0.15) is 0 Å². The number of nitrogens with one attached hydrogen (secondary N) is 1. The summed E-state index contributed by atoms with van der Waals surface area (Å²) in [6, 6.07) is 1.69. The molecule has 1 heterocycles. The highest BCUT2D eigenvalue weighted by Crippen LogP contribution is 2.29. The summed E-state index contributed by atoms with van der Waals surface area (Å²) in [5.74, 6) is 0.348. The maximum atomic E-state index is 11.0. The van der Waals surface area contributed by atoms with Gasteiger partial charge in [-0.1, -0.05) is 13.8 Å². The zero-order chi connectivity index (χ0) is 15.1. The van der Waals surface area contributed by atoms with Gasteiger partial charge in [0.05, 0.1) is 6.10 Å². The molecule has 1 aromatic rings. The second-order valence-corrected chi connectivity index (χ2v) is 5.66. The number of anilines is 1. The van der Waals surface area contributed by atoms with Crippen molar-refractivity contribution in [3.05, 3.63) is 18.6 Å². The van der Waals surface area contributed by atoms with Gasteiger partial charge in [0.15, 0.2) is 0 Å². The lowest BCUT2D eigenvalue weighted by atomic mass is 9.89. The highest BCUT2D eigenvalue weighted by Gasteiger charge is 2.29. The van der Waals surface area contributed by atoms with Crippen molar-refractivity contribution in [3.8, 4) is 0 Å². The Morgan fingerprint density at radius 3 is 2.65 bits per heavy atom. The molecule has 7 nitrogen and oxygen atoms in total. The van der Waals surface area contributed by atoms with Crippen molar-refractivity contribution in [1.29, 1.82) is 0 Å². The maximum absolute atomic E-state index is 11.0. The van der Waals surface area contributed by atoms with Gasteiger partial charge in [0.1, 0.15) is 12.1 Å². The topological polar surface area (TPSA) is 105 Å². The first-order chi connectivity index (χ1) is 9.45. The SMILES string of the molecule is C[C@H]([C@H](O[PH](=O)O)[C@H](C)CO)[C@@H](C)Nc1ccncn1. The van der Waals surface area contributed by atoms with Crippen LogP contribution in [0.3, 0.4) is 0 Å². The average molecular weight is 303 g/mol. The van der Waals surface area contributed by atoms with Crippen molar-refractivity contribution < 1.29 is 19.1 Å². The molecule has 114 valence electrons. The van der Waals surface area contributed by atoms with Gasteiger partial charge in [0.25, 0.3) is 0 Å². The predicted molar refractivity (Wildman–Crippen MR) is 76.6 cm³/mol. The molecule has 5 atom stereocenters. The molecule has 3 N–H and O–H groups in total. The van der Waals surface area contributed by atoms with Gasteiger partial charge in [0.2, 0.25) is 0 Å². The molecule has 0 amide bonds. The summed E-state index contributed by atoms with van der Waals surface area (Å²) in [7, 11) is -3.05. The number of aliphatic hydroxyl groups excluding tert-OH is 1. The van der Waals surface area contributed by atoms with Crippen molar-refractivity contribution >= 4 is 14.1 Å². The van der Waals surface area contributed by atoms with Crippen molar-refractivity contribution in [2.45, 2.75) is 32.9 Å². The van der Waals surface area contributed by atoms with E-state index in [0.717, 1.165) is 0 Å². The molecular weight excluding hydrogens is 281 g/mol. The average Bonchev–Trinajstić information content (AvgIpc) is 2.44. The van der Waals surface area contributed by atoms with Crippen molar-refractivity contribution in [1.82, 2.24) is 9.97 Å². The molecule has 20 heavy (non-hydrogen) atoms. The van der Waals surface area contributed by atoms with E-state index < -0.39 is 14.4 Å². The Labute approximate surface area is 119 Å². The van der Waals surface area contributed by atoms with Crippen LogP contribution in [0.25, 0.3) is 0 Å². The van der Waals surface area contributed by atoms with Crippen LogP contribution in [0.1, 0.15) is 20.8 Å². The second kappa shape index (κ2) is 8.32. The lowest BCUT2D eigenvalue weighted by Gasteiger charge is -2.32. The summed E-state index contributed by atoms with van der Waals surface area (Å²) in [5.41, 5.74) is 0. The molecule has 0 radical (unpaired) electrons. The van der Waals surface area contributed by atoms with Gasteiger partial charge >= 0.3 is 8.25 Å². The van der Waals surface area contributed by atoms with Crippen molar-refractivity contribution in [2.75, 3.05) is 11.9 Å². The largest absolute Gasteiger partial charge is 0.396 e. The minimum Gasteiger partial charge on any atom is -0.396 e. The summed E-state index contributed by atoms with van der Waals surface area (Å²) < 4.78 is 16.0. The summed E-state index contributed by atoms with van der Waals surface area (Å²) in [6.45, 7) is 5.51. The minimum absolute atomic E-state index is 0.0507. The van der Waals surface area contributed by atoms with Crippen molar-refractivity contribution in [2.24, 2.45) is 11.8 Å². The van der Waals surface area contributed by atoms with Crippen LogP contribution in [-0.2, 0) is 9.09 Å². The van der Waals surface area contributed by atoms with E-state index >= 15 is 0 Å². The smallest absolute Gasteiger partial charge is 0.316 e. The molecule has 0 aliphatic rings. The van der Waals surface area contributed by atoms with Gasteiger partial charge in [-0.05, 0) is 13.0 Å². The Morgan fingerprint density at radius 1 is 1.45 bits per heavy atom. The maximum Gasteiger partial charge on any atom is 0.316 e. The number of aromatic nitrogens is 2. The Hall–Kier alpha value is -1.01. The molecule has 8 heteroatoms. The van der Waals surface area contributed by atoms with E-state index in [1.165, 1.54) is 6.33 Å². The van der Waals surface area contributed by atoms with E-state index in [1.807, 2.05) is 13.8 Å². The normalized spacial score (nSPS) is 18.9. The van der Waals surface area contributed by atoms with Crippen LogP contribution in [-0.4, -0.2) is 38.7 Å². The van der Waals surface area contributed by atoms with E-state index in [1.54, 1.807) is 19.2 Å². The van der Waals surface area contributed by atoms with E-state index in [-0.39, 0.29) is 24.5 Å². The monoisotopic (exact) mass is 303 g/mol. The van der Waals surface area contributed by atoms with Crippen LogP contribution in [0.2, 0.25) is 0 Å². The zero-order valence-corrected chi connectivity index (χ0v) is 12.9. The summed E-state index contributed by atoms with van der Waals surface area (Å²) in [6.07, 6.45) is 2.56. The molecule has 0 aliphatic carbocycles. The van der Waals surface area contributed by atoms with Gasteiger partial charge in [0, 0.05) is 30.7 Å². The first kappa shape index (κ1) is 17.0. The fourth-order valence-electron chi connectivity index (χ4n) is 1.99. The molecule has 0 aromatic carbocycles. The van der Waals surface area contributed by atoms with Gasteiger partial charge < -0.3 is 19.8 Å². The third-order valence-electron chi connectivity index (χ3n) is 3.35. The Balaban J connectivity index is 2.72. The Bertz CT molecular complexity index is 420. The van der Waals surface area contributed by atoms with E-state index in [9.17, 15) is 9.67 Å². The number of hydrogen-bond donors (Lipinski definition) is 3. The van der Waals surface area contributed by atoms with E-state index in [0.29, 0.717) is 5.82 Å². The number of aliphatic hydroxyl groups is 1. The molecule has 0 saturated carbocycles. The molecule has 0 aliphatic heterocycles. The quantitative estimate of drug-likeness (QED) is 0.622. The summed E-state index contributed by atoms with van der Waals surface area (Å²) in [4.78, 5) is 16.9. The highest BCUT2D eigenvalue weighted by molar-refractivity contribution is 7.32. The van der Waals surface area contributed by atoms with Crippen LogP contribution in [0.4, 0.5) is 5.82 Å². The van der Waals surface area contributed by atoms with Crippen LogP contribution in [0.5, 0.6) is 0 Å².